The van der Waals surface area contributed by atoms with Gasteiger partial charge in [-0.2, -0.15) is 0 Å². The topological polar surface area (TPSA) is 58.4 Å². The fourth-order valence-electron chi connectivity index (χ4n) is 4.05. The molecule has 1 aliphatic carbocycles. The lowest BCUT2D eigenvalue weighted by molar-refractivity contribution is -0.134. The summed E-state index contributed by atoms with van der Waals surface area (Å²) in [6.07, 6.45) is 4.45. The van der Waals surface area contributed by atoms with Crippen LogP contribution in [0.4, 0.5) is 5.95 Å². The highest BCUT2D eigenvalue weighted by Crippen LogP contribution is 2.34. The average molecular weight is 375 g/mol. The molecular formula is C19H26N4O2S. The summed E-state index contributed by atoms with van der Waals surface area (Å²) in [5, 5.41) is 0.838. The van der Waals surface area contributed by atoms with Gasteiger partial charge >= 0.3 is 0 Å². The average Bonchev–Trinajstić information content (AvgIpc) is 3.02. The molecule has 4 rings (SSSR count). The van der Waals surface area contributed by atoms with E-state index < -0.39 is 0 Å². The second-order valence-electron chi connectivity index (χ2n) is 7.63. The zero-order valence-electron chi connectivity index (χ0n) is 15.7. The fraction of sp³-hybridized carbons (Fsp3) is 0.632. The van der Waals surface area contributed by atoms with Gasteiger partial charge in [-0.15, -0.1) is 11.3 Å². The summed E-state index contributed by atoms with van der Waals surface area (Å²) in [5.74, 6) is 0.962. The van der Waals surface area contributed by atoms with Crippen LogP contribution in [0, 0.1) is 5.92 Å². The van der Waals surface area contributed by atoms with Crippen molar-refractivity contribution in [3.05, 3.63) is 20.8 Å². The van der Waals surface area contributed by atoms with Crippen molar-refractivity contribution in [1.82, 2.24) is 14.5 Å². The van der Waals surface area contributed by atoms with Crippen LogP contribution in [0.2, 0.25) is 0 Å². The Morgan fingerprint density at radius 1 is 1.12 bits per heavy atom. The lowest BCUT2D eigenvalue weighted by atomic mass is 9.97. The summed E-state index contributed by atoms with van der Waals surface area (Å²) in [6, 6.07) is 0. The van der Waals surface area contributed by atoms with Crippen LogP contribution in [0.15, 0.2) is 4.79 Å². The minimum Gasteiger partial charge on any atom is -0.339 e. The molecule has 26 heavy (non-hydrogen) atoms. The van der Waals surface area contributed by atoms with Gasteiger partial charge in [-0.3, -0.25) is 14.2 Å². The van der Waals surface area contributed by atoms with Gasteiger partial charge in [0, 0.05) is 44.0 Å². The molecule has 0 spiro atoms. The highest BCUT2D eigenvalue weighted by atomic mass is 32.1. The van der Waals surface area contributed by atoms with Gasteiger partial charge in [0.1, 0.15) is 4.83 Å². The Morgan fingerprint density at radius 3 is 2.50 bits per heavy atom. The number of rotatable bonds is 2. The van der Waals surface area contributed by atoms with Gasteiger partial charge in [0.2, 0.25) is 11.9 Å². The number of hydrogen-bond donors (Lipinski definition) is 0. The molecule has 1 saturated heterocycles. The minimum absolute atomic E-state index is 0.0258. The predicted molar refractivity (Wildman–Crippen MR) is 105 cm³/mol. The number of anilines is 1. The van der Waals surface area contributed by atoms with E-state index >= 15 is 0 Å². The Labute approximate surface area is 157 Å². The van der Waals surface area contributed by atoms with E-state index in [-0.39, 0.29) is 17.4 Å². The third kappa shape index (κ3) is 2.82. The van der Waals surface area contributed by atoms with E-state index in [2.05, 4.69) is 4.90 Å². The molecule has 1 fully saturated rings. The maximum atomic E-state index is 13.0. The highest BCUT2D eigenvalue weighted by Gasteiger charge is 2.27. The summed E-state index contributed by atoms with van der Waals surface area (Å²) in [7, 11) is 1.82. The number of piperazine rings is 1. The molecule has 1 aliphatic heterocycles. The standard InChI is InChI=1S/C19H26N4O2S/c1-12(2)17(24)22-8-10-23(11-9-22)19-20-16-15(18(25)21(19)3)13-6-4-5-7-14(13)26-16/h12H,4-11H2,1-3H3. The Hall–Kier alpha value is -1.89. The van der Waals surface area contributed by atoms with E-state index in [9.17, 15) is 9.59 Å². The Balaban J connectivity index is 1.65. The van der Waals surface area contributed by atoms with E-state index in [1.165, 1.54) is 16.9 Å². The van der Waals surface area contributed by atoms with Crippen LogP contribution < -0.4 is 10.5 Å². The highest BCUT2D eigenvalue weighted by molar-refractivity contribution is 7.18. The van der Waals surface area contributed by atoms with Gasteiger partial charge in [0.15, 0.2) is 0 Å². The monoisotopic (exact) mass is 374 g/mol. The predicted octanol–water partition coefficient (Wildman–Crippen LogP) is 2.18. The molecule has 0 saturated carbocycles. The zero-order valence-corrected chi connectivity index (χ0v) is 16.6. The van der Waals surface area contributed by atoms with Crippen molar-refractivity contribution in [3.63, 3.8) is 0 Å². The molecule has 3 heterocycles. The number of amides is 1. The van der Waals surface area contributed by atoms with Crippen LogP contribution in [0.5, 0.6) is 0 Å². The number of hydrogen-bond acceptors (Lipinski definition) is 5. The molecule has 2 aromatic heterocycles. The molecular weight excluding hydrogens is 348 g/mol. The molecule has 1 amide bonds. The summed E-state index contributed by atoms with van der Waals surface area (Å²) in [6.45, 7) is 6.68. The van der Waals surface area contributed by atoms with Gasteiger partial charge in [0.25, 0.3) is 5.56 Å². The second kappa shape index (κ2) is 6.68. The summed E-state index contributed by atoms with van der Waals surface area (Å²) in [4.78, 5) is 36.4. The molecule has 140 valence electrons. The van der Waals surface area contributed by atoms with Gasteiger partial charge < -0.3 is 9.80 Å². The van der Waals surface area contributed by atoms with Crippen LogP contribution in [-0.2, 0) is 24.7 Å². The molecule has 0 aromatic carbocycles. The SMILES string of the molecule is CC(C)C(=O)N1CCN(c2nc3sc4c(c3c(=O)n2C)CCCC4)CC1. The first kappa shape index (κ1) is 17.5. The maximum absolute atomic E-state index is 13.0. The van der Waals surface area contributed by atoms with Crippen molar-refractivity contribution in [2.24, 2.45) is 13.0 Å². The quantitative estimate of drug-likeness (QED) is 0.808. The first-order valence-corrected chi connectivity index (χ1v) is 10.3. The fourth-order valence-corrected chi connectivity index (χ4v) is 5.30. The number of aryl methyl sites for hydroxylation is 2. The lowest BCUT2D eigenvalue weighted by Gasteiger charge is -2.36. The van der Waals surface area contributed by atoms with Crippen LogP contribution >= 0.6 is 11.3 Å². The number of fused-ring (bicyclic) bond motifs is 3. The number of nitrogens with zero attached hydrogens (tertiary/aromatic N) is 4. The molecule has 0 N–H and O–H groups in total. The molecule has 2 aromatic rings. The van der Waals surface area contributed by atoms with Crippen LogP contribution in [0.3, 0.4) is 0 Å². The summed E-state index contributed by atoms with van der Waals surface area (Å²) >= 11 is 1.69. The minimum atomic E-state index is 0.0258. The second-order valence-corrected chi connectivity index (χ2v) is 8.72. The molecule has 0 atom stereocenters. The van der Waals surface area contributed by atoms with E-state index in [1.807, 2.05) is 25.8 Å². The van der Waals surface area contributed by atoms with Crippen LogP contribution in [0.25, 0.3) is 10.2 Å². The molecule has 6 nitrogen and oxygen atoms in total. The summed E-state index contributed by atoms with van der Waals surface area (Å²) in [5.41, 5.74) is 1.31. The molecule has 0 radical (unpaired) electrons. The van der Waals surface area contributed by atoms with E-state index in [0.717, 1.165) is 48.5 Å². The maximum Gasteiger partial charge on any atom is 0.263 e. The number of thiophene rings is 1. The third-order valence-electron chi connectivity index (χ3n) is 5.54. The normalized spacial score (nSPS) is 17.8. The van der Waals surface area contributed by atoms with E-state index in [0.29, 0.717) is 13.1 Å². The number of carbonyl (C=O) groups excluding carboxylic acids is 1. The molecule has 2 aliphatic rings. The first-order valence-electron chi connectivity index (χ1n) is 9.52. The molecule has 7 heteroatoms. The Morgan fingerprint density at radius 2 is 1.81 bits per heavy atom. The van der Waals surface area contributed by atoms with Crippen LogP contribution in [0.1, 0.15) is 37.1 Å². The number of aromatic nitrogens is 2. The zero-order chi connectivity index (χ0) is 18.4. The van der Waals surface area contributed by atoms with Crippen molar-refractivity contribution in [2.75, 3.05) is 31.1 Å². The van der Waals surface area contributed by atoms with Gasteiger partial charge in [-0.25, -0.2) is 4.98 Å². The lowest BCUT2D eigenvalue weighted by Crippen LogP contribution is -2.51. The molecule has 0 unspecified atom stereocenters. The van der Waals surface area contributed by atoms with Crippen molar-refractivity contribution in [2.45, 2.75) is 39.5 Å². The van der Waals surface area contributed by atoms with Gasteiger partial charge in [0.05, 0.1) is 5.39 Å². The Bertz CT molecular complexity index is 906. The van der Waals surface area contributed by atoms with Gasteiger partial charge in [-0.1, -0.05) is 13.8 Å². The first-order chi connectivity index (χ1) is 12.5. The molecule has 0 bridgehead atoms. The van der Waals surface area contributed by atoms with E-state index in [1.54, 1.807) is 15.9 Å². The van der Waals surface area contributed by atoms with Crippen LogP contribution in [-0.4, -0.2) is 46.5 Å². The van der Waals surface area contributed by atoms with Crippen molar-refractivity contribution < 1.29 is 4.79 Å². The smallest absolute Gasteiger partial charge is 0.263 e. The summed E-state index contributed by atoms with van der Waals surface area (Å²) < 4.78 is 1.70. The largest absolute Gasteiger partial charge is 0.339 e. The number of carbonyl (C=O) groups is 1. The third-order valence-corrected chi connectivity index (χ3v) is 6.73. The van der Waals surface area contributed by atoms with Crippen molar-refractivity contribution in [1.29, 1.82) is 0 Å². The van der Waals surface area contributed by atoms with Crippen molar-refractivity contribution in [3.8, 4) is 0 Å². The Kier molecular flexibility index (Phi) is 4.50. The van der Waals surface area contributed by atoms with Crippen molar-refractivity contribution >= 4 is 33.4 Å². The van der Waals surface area contributed by atoms with Gasteiger partial charge in [-0.05, 0) is 31.2 Å². The van der Waals surface area contributed by atoms with E-state index in [4.69, 9.17) is 4.98 Å².